The summed E-state index contributed by atoms with van der Waals surface area (Å²) in [5.41, 5.74) is 0. The minimum atomic E-state index is -5.53. The van der Waals surface area contributed by atoms with Crippen molar-refractivity contribution in [2.75, 3.05) is 12.5 Å². The molecule has 1 fully saturated rings. The molecule has 1 rings (SSSR count). The van der Waals surface area contributed by atoms with E-state index in [1.54, 1.807) is 7.85 Å². The van der Waals surface area contributed by atoms with E-state index in [1.165, 1.54) is 0 Å². The zero-order valence-electron chi connectivity index (χ0n) is 12.1. The fraction of sp³-hybridized carbons (Fsp3) is 1.00. The molecule has 1 aliphatic heterocycles. The third-order valence-electron chi connectivity index (χ3n) is 2.54. The van der Waals surface area contributed by atoms with Crippen molar-refractivity contribution in [1.29, 1.82) is 0 Å². The molecule has 0 aromatic carbocycles. The van der Waals surface area contributed by atoms with Crippen LogP contribution in [0.4, 0.5) is 0 Å². The molecule has 5 unspecified atom stereocenters. The molecule has 1 aliphatic rings. The third kappa shape index (κ3) is 9.15. The van der Waals surface area contributed by atoms with Crippen LogP contribution in [-0.2, 0) is 36.3 Å². The topological polar surface area (TPSA) is 178 Å². The Morgan fingerprint density at radius 1 is 1.17 bits per heavy atom. The Kier molecular flexibility index (Phi) is 9.00. The van der Waals surface area contributed by atoms with Gasteiger partial charge in [0.2, 0.25) is 0 Å². The number of hydrogen-bond acceptors (Lipinski definition) is 10. The quantitative estimate of drug-likeness (QED) is 0.0993. The van der Waals surface area contributed by atoms with Crippen LogP contribution in [0.25, 0.3) is 0 Å². The number of rotatable bonds is 10. The van der Waals surface area contributed by atoms with E-state index in [4.69, 9.17) is 24.2 Å². The molecular weight excluding hydrogens is 432 g/mol. The molecule has 1 saturated heterocycles. The van der Waals surface area contributed by atoms with Gasteiger partial charge < -0.3 is 29.0 Å². The maximum atomic E-state index is 11.6. The first kappa shape index (κ1) is 23.1. The summed E-state index contributed by atoms with van der Waals surface area (Å²) >= 11 is 3.90. The van der Waals surface area contributed by atoms with Gasteiger partial charge in [0.1, 0.15) is 19.9 Å². The Labute approximate surface area is 147 Å². The fourth-order valence-electron chi connectivity index (χ4n) is 1.83. The second kappa shape index (κ2) is 9.34. The SMILES string of the molecule is BC1CC(OCSS)C(COP(=O)(O)OP(=O)(O)OP(=O)(O)O)O1. The Balaban J connectivity index is 2.59. The van der Waals surface area contributed by atoms with E-state index < -0.39 is 42.3 Å². The van der Waals surface area contributed by atoms with E-state index in [2.05, 4.69) is 24.8 Å². The summed E-state index contributed by atoms with van der Waals surface area (Å²) in [5, 5.41) is 0. The standard InChI is InChI=1S/C6H16BO12P3S2/c7-6-1-4(15-3-24-23)5(17-6)2-16-21(11,12)19-22(13,14)18-20(8,9)10/h4-6,23H,1-3,7H2,(H,11,12)(H,13,14)(H2,8,9,10). The van der Waals surface area contributed by atoms with Crippen LogP contribution in [0.3, 0.4) is 0 Å². The molecule has 4 N–H and O–H groups in total. The lowest BCUT2D eigenvalue weighted by Crippen LogP contribution is -2.28. The zero-order chi connectivity index (χ0) is 18.6. The molecule has 0 aromatic rings. The molecule has 0 saturated carbocycles. The molecule has 1 heterocycles. The summed E-state index contributed by atoms with van der Waals surface area (Å²) in [6.45, 7) is -0.532. The Hall–Kier alpha value is 1.09. The van der Waals surface area contributed by atoms with Gasteiger partial charge >= 0.3 is 23.5 Å². The second-order valence-corrected chi connectivity index (χ2v) is 10.2. The number of ether oxygens (including phenoxy) is 2. The first-order valence-electron chi connectivity index (χ1n) is 6.15. The van der Waals surface area contributed by atoms with Gasteiger partial charge in [0.15, 0.2) is 0 Å². The van der Waals surface area contributed by atoms with E-state index >= 15 is 0 Å². The Morgan fingerprint density at radius 2 is 1.79 bits per heavy atom. The number of hydrogen-bond donors (Lipinski definition) is 5. The van der Waals surface area contributed by atoms with Crippen molar-refractivity contribution >= 4 is 53.8 Å². The predicted octanol–water partition coefficient (Wildman–Crippen LogP) is -0.00150. The lowest BCUT2D eigenvalue weighted by Gasteiger charge is -2.21. The highest BCUT2D eigenvalue weighted by Crippen LogP contribution is 2.66. The van der Waals surface area contributed by atoms with Crippen LogP contribution in [0.2, 0.25) is 0 Å². The zero-order valence-corrected chi connectivity index (χ0v) is 16.5. The van der Waals surface area contributed by atoms with E-state index in [0.29, 0.717) is 6.42 Å². The average Bonchev–Trinajstić information content (AvgIpc) is 2.70. The van der Waals surface area contributed by atoms with Crippen LogP contribution in [-0.4, -0.2) is 58.2 Å². The van der Waals surface area contributed by atoms with Crippen molar-refractivity contribution in [2.45, 2.75) is 24.6 Å². The minimum absolute atomic E-state index is 0.213. The number of phosphoric acid groups is 3. The van der Waals surface area contributed by atoms with E-state index in [1.807, 2.05) is 0 Å². The average molecular weight is 448 g/mol. The first-order chi connectivity index (χ1) is 10.8. The summed E-state index contributed by atoms with van der Waals surface area (Å²) in [7, 11) is -13.3. The molecule has 0 amide bonds. The predicted molar refractivity (Wildman–Crippen MR) is 88.0 cm³/mol. The van der Waals surface area contributed by atoms with Gasteiger partial charge in [-0.05, 0) is 6.42 Å². The molecule has 0 radical (unpaired) electrons. The summed E-state index contributed by atoms with van der Waals surface area (Å²) < 4.78 is 55.8. The van der Waals surface area contributed by atoms with E-state index in [0.717, 1.165) is 10.8 Å². The van der Waals surface area contributed by atoms with E-state index in [9.17, 15) is 18.6 Å². The van der Waals surface area contributed by atoms with Crippen molar-refractivity contribution in [3.05, 3.63) is 0 Å². The van der Waals surface area contributed by atoms with Crippen LogP contribution in [0, 0.1) is 0 Å². The third-order valence-corrected chi connectivity index (χ3v) is 6.90. The lowest BCUT2D eigenvalue weighted by atomic mass is 9.96. The van der Waals surface area contributed by atoms with Gasteiger partial charge in [0.25, 0.3) is 0 Å². The van der Waals surface area contributed by atoms with Crippen molar-refractivity contribution in [3.63, 3.8) is 0 Å². The summed E-state index contributed by atoms with van der Waals surface area (Å²) in [6, 6.07) is -0.213. The Bertz CT molecular complexity index is 557. The van der Waals surface area contributed by atoms with Gasteiger partial charge in [-0.2, -0.15) is 8.62 Å². The molecule has 142 valence electrons. The molecule has 18 heteroatoms. The van der Waals surface area contributed by atoms with Crippen LogP contribution in [0.5, 0.6) is 0 Å². The highest BCUT2D eigenvalue weighted by molar-refractivity contribution is 8.68. The van der Waals surface area contributed by atoms with Crippen molar-refractivity contribution in [2.24, 2.45) is 0 Å². The molecule has 12 nitrogen and oxygen atoms in total. The maximum absolute atomic E-state index is 11.6. The molecule has 0 spiro atoms. The highest BCUT2D eigenvalue weighted by Gasteiger charge is 2.42. The van der Waals surface area contributed by atoms with Crippen LogP contribution in [0.15, 0.2) is 0 Å². The van der Waals surface area contributed by atoms with Gasteiger partial charge in [-0.25, -0.2) is 13.7 Å². The molecule has 5 atom stereocenters. The van der Waals surface area contributed by atoms with Crippen molar-refractivity contribution in [3.8, 4) is 0 Å². The smallest absolute Gasteiger partial charge is 0.379 e. The lowest BCUT2D eigenvalue weighted by molar-refractivity contribution is -0.0237. The second-order valence-electron chi connectivity index (χ2n) is 4.56. The summed E-state index contributed by atoms with van der Waals surface area (Å²) in [6.07, 6.45) is -0.740. The maximum Gasteiger partial charge on any atom is 0.490 e. The van der Waals surface area contributed by atoms with Crippen molar-refractivity contribution < 1.29 is 55.9 Å². The monoisotopic (exact) mass is 448 g/mol. The molecule has 0 aliphatic carbocycles. The fourth-order valence-corrected chi connectivity index (χ4v) is 5.28. The molecule has 0 bridgehead atoms. The van der Waals surface area contributed by atoms with Gasteiger partial charge in [0.05, 0.1) is 12.7 Å². The van der Waals surface area contributed by atoms with Crippen LogP contribution in [0.1, 0.15) is 6.42 Å². The van der Waals surface area contributed by atoms with Gasteiger partial charge in [-0.3, -0.25) is 4.52 Å². The Morgan fingerprint density at radius 3 is 2.33 bits per heavy atom. The van der Waals surface area contributed by atoms with Gasteiger partial charge in [-0.15, -0.1) is 11.7 Å². The van der Waals surface area contributed by atoms with Gasteiger partial charge in [-0.1, -0.05) is 10.8 Å². The summed E-state index contributed by atoms with van der Waals surface area (Å²) in [4.78, 5) is 35.2. The van der Waals surface area contributed by atoms with Crippen molar-refractivity contribution in [1.82, 2.24) is 0 Å². The number of thiol groups is 1. The minimum Gasteiger partial charge on any atom is -0.379 e. The molecular formula is C6H16BO12P3S2. The van der Waals surface area contributed by atoms with E-state index in [-0.39, 0.29) is 11.9 Å². The summed E-state index contributed by atoms with van der Waals surface area (Å²) in [5.74, 6) is 0.232. The van der Waals surface area contributed by atoms with Crippen LogP contribution < -0.4 is 0 Å². The molecule has 24 heavy (non-hydrogen) atoms. The highest BCUT2D eigenvalue weighted by atomic mass is 33.1. The number of phosphoric ester groups is 1. The first-order valence-corrected chi connectivity index (χ1v) is 12.7. The normalized spacial score (nSPS) is 30.0. The van der Waals surface area contributed by atoms with Crippen LogP contribution >= 0.6 is 45.9 Å². The van der Waals surface area contributed by atoms with Gasteiger partial charge in [0, 0.05) is 6.00 Å². The largest absolute Gasteiger partial charge is 0.490 e. The molecule has 0 aromatic heterocycles.